The summed E-state index contributed by atoms with van der Waals surface area (Å²) in [6, 6.07) is 15.8. The van der Waals surface area contributed by atoms with Crippen molar-refractivity contribution in [3.05, 3.63) is 71.8 Å². The number of carbonyl (C=O) groups is 1. The highest BCUT2D eigenvalue weighted by Crippen LogP contribution is 2.30. The number of benzene rings is 2. The van der Waals surface area contributed by atoms with E-state index in [2.05, 4.69) is 18.7 Å². The van der Waals surface area contributed by atoms with Crippen molar-refractivity contribution in [1.82, 2.24) is 4.90 Å². The fraction of sp³-hybridized carbons (Fsp3) is 0.393. The number of carbonyl (C=O) groups excluding carboxylic acids is 1. The highest BCUT2D eigenvalue weighted by molar-refractivity contribution is 5.96. The van der Waals surface area contributed by atoms with Crippen LogP contribution in [0.15, 0.2) is 60.7 Å². The number of allylic oxidation sites excluding steroid dienone is 2. The van der Waals surface area contributed by atoms with Crippen LogP contribution in [0, 0.1) is 11.8 Å². The molecule has 3 heteroatoms. The fourth-order valence-electron chi connectivity index (χ4n) is 4.09. The van der Waals surface area contributed by atoms with Crippen molar-refractivity contribution >= 4 is 17.9 Å². The van der Waals surface area contributed by atoms with E-state index in [4.69, 9.17) is 4.74 Å². The molecule has 2 unspecified atom stereocenters. The lowest BCUT2D eigenvalue weighted by Crippen LogP contribution is -2.40. The normalized spacial score (nSPS) is 18.5. The van der Waals surface area contributed by atoms with E-state index in [0.717, 1.165) is 55.1 Å². The molecule has 3 rings (SSSR count). The van der Waals surface area contributed by atoms with Gasteiger partial charge in [0.2, 0.25) is 0 Å². The Hall–Kier alpha value is -2.65. The van der Waals surface area contributed by atoms with Crippen molar-refractivity contribution in [2.45, 2.75) is 40.0 Å². The van der Waals surface area contributed by atoms with Gasteiger partial charge in [-0.15, -0.1) is 0 Å². The highest BCUT2D eigenvalue weighted by Gasteiger charge is 2.24. The fourth-order valence-corrected chi connectivity index (χ4v) is 4.09. The van der Waals surface area contributed by atoms with Crippen LogP contribution in [0.5, 0.6) is 11.5 Å². The third kappa shape index (κ3) is 6.67. The first-order valence-electron chi connectivity index (χ1n) is 11.5. The molecule has 0 bridgehead atoms. The van der Waals surface area contributed by atoms with Crippen molar-refractivity contribution < 1.29 is 9.53 Å². The summed E-state index contributed by atoms with van der Waals surface area (Å²) < 4.78 is 6.11. The van der Waals surface area contributed by atoms with Crippen molar-refractivity contribution in [3.8, 4) is 11.5 Å². The van der Waals surface area contributed by atoms with Gasteiger partial charge in [0.1, 0.15) is 11.5 Å². The molecule has 2 aromatic carbocycles. The maximum absolute atomic E-state index is 13.0. The molecule has 0 radical (unpaired) electrons. The smallest absolute Gasteiger partial charge is 0.160 e. The summed E-state index contributed by atoms with van der Waals surface area (Å²) in [5.74, 6) is 2.60. The maximum Gasteiger partial charge on any atom is 0.160 e. The minimum absolute atomic E-state index is 0.1000. The Morgan fingerprint density at radius 1 is 1.16 bits per heavy atom. The molecule has 2 aromatic rings. The molecule has 0 aromatic heterocycles. The molecule has 0 aliphatic carbocycles. The monoisotopic (exact) mass is 417 g/mol. The van der Waals surface area contributed by atoms with Crippen LogP contribution in [0.1, 0.15) is 51.2 Å². The molecule has 2 atom stereocenters. The van der Waals surface area contributed by atoms with Crippen molar-refractivity contribution in [1.29, 1.82) is 0 Å². The number of ether oxygens (including phenoxy) is 1. The molecule has 1 aliphatic rings. The molecule has 0 amide bonds. The lowest BCUT2D eigenvalue weighted by molar-refractivity contribution is -0.119. The average molecular weight is 418 g/mol. The average Bonchev–Trinajstić information content (AvgIpc) is 2.80. The van der Waals surface area contributed by atoms with E-state index in [-0.39, 0.29) is 11.7 Å². The van der Waals surface area contributed by atoms with E-state index >= 15 is 0 Å². The van der Waals surface area contributed by atoms with Gasteiger partial charge < -0.3 is 9.64 Å². The second-order valence-corrected chi connectivity index (χ2v) is 8.52. The summed E-state index contributed by atoms with van der Waals surface area (Å²) in [5, 5.41) is 0. The SMILES string of the molecule is C/C=C\c1c(/C=C/C(=O)C2CCCN(CC(C)CC)C2)cccc1Oc1ccccc1. The van der Waals surface area contributed by atoms with Gasteiger partial charge in [-0.3, -0.25) is 4.79 Å². The van der Waals surface area contributed by atoms with E-state index in [9.17, 15) is 4.79 Å². The standard InChI is InChI=1S/C28H35NO2/c1-4-11-26-23(12-9-16-28(26)31-25-14-7-6-8-15-25)17-18-27(30)24-13-10-19-29(21-24)20-22(3)5-2/h4,6-9,11-12,14-18,22,24H,5,10,13,19-21H2,1-3H3/b11-4-,18-17+. The summed E-state index contributed by atoms with van der Waals surface area (Å²) in [4.78, 5) is 15.4. The molecule has 3 nitrogen and oxygen atoms in total. The summed E-state index contributed by atoms with van der Waals surface area (Å²) >= 11 is 0. The zero-order valence-electron chi connectivity index (χ0n) is 19.1. The number of ketones is 1. The molecule has 31 heavy (non-hydrogen) atoms. The topological polar surface area (TPSA) is 29.5 Å². The van der Waals surface area contributed by atoms with Crippen LogP contribution in [-0.4, -0.2) is 30.3 Å². The summed E-state index contributed by atoms with van der Waals surface area (Å²) in [7, 11) is 0. The minimum Gasteiger partial charge on any atom is -0.457 e. The molecule has 1 saturated heterocycles. The van der Waals surface area contributed by atoms with E-state index in [1.54, 1.807) is 6.08 Å². The van der Waals surface area contributed by atoms with Crippen LogP contribution in [0.25, 0.3) is 12.2 Å². The number of hydrogen-bond acceptors (Lipinski definition) is 3. The molecule has 1 fully saturated rings. The Balaban J connectivity index is 1.73. The minimum atomic E-state index is 0.1000. The van der Waals surface area contributed by atoms with Gasteiger partial charge in [0.05, 0.1) is 0 Å². The lowest BCUT2D eigenvalue weighted by atomic mass is 9.92. The molecular formula is C28H35NO2. The summed E-state index contributed by atoms with van der Waals surface area (Å²) in [5.41, 5.74) is 1.98. The second kappa shape index (κ2) is 11.7. The number of para-hydroxylation sites is 1. The quantitative estimate of drug-likeness (QED) is 0.418. The maximum atomic E-state index is 13.0. The first-order chi connectivity index (χ1) is 15.1. The van der Waals surface area contributed by atoms with Gasteiger partial charge in [-0.1, -0.05) is 68.8 Å². The molecular weight excluding hydrogens is 382 g/mol. The first-order valence-corrected chi connectivity index (χ1v) is 11.5. The largest absolute Gasteiger partial charge is 0.457 e. The van der Waals surface area contributed by atoms with E-state index in [1.807, 2.05) is 73.7 Å². The van der Waals surface area contributed by atoms with Crippen LogP contribution < -0.4 is 4.74 Å². The lowest BCUT2D eigenvalue weighted by Gasteiger charge is -2.33. The van der Waals surface area contributed by atoms with Crippen molar-refractivity contribution in [2.75, 3.05) is 19.6 Å². The predicted molar refractivity (Wildman–Crippen MR) is 130 cm³/mol. The van der Waals surface area contributed by atoms with Crippen LogP contribution in [0.2, 0.25) is 0 Å². The van der Waals surface area contributed by atoms with Gasteiger partial charge in [-0.25, -0.2) is 0 Å². The number of piperidine rings is 1. The van der Waals surface area contributed by atoms with Gasteiger partial charge >= 0.3 is 0 Å². The van der Waals surface area contributed by atoms with E-state index in [1.165, 1.54) is 6.42 Å². The van der Waals surface area contributed by atoms with Crippen LogP contribution in [0.3, 0.4) is 0 Å². The Labute approximate surface area is 187 Å². The Kier molecular flexibility index (Phi) is 8.66. The van der Waals surface area contributed by atoms with Crippen LogP contribution in [-0.2, 0) is 4.79 Å². The zero-order valence-corrected chi connectivity index (χ0v) is 19.1. The zero-order chi connectivity index (χ0) is 22.1. The molecule has 1 aliphatic heterocycles. The van der Waals surface area contributed by atoms with E-state index in [0.29, 0.717) is 5.92 Å². The first kappa shape index (κ1) is 23.0. The molecule has 1 heterocycles. The number of likely N-dealkylation sites (tertiary alicyclic amines) is 1. The molecule has 0 N–H and O–H groups in total. The number of rotatable bonds is 9. The molecule has 0 spiro atoms. The third-order valence-corrected chi connectivity index (χ3v) is 6.01. The van der Waals surface area contributed by atoms with Crippen molar-refractivity contribution in [2.24, 2.45) is 11.8 Å². The predicted octanol–water partition coefficient (Wildman–Crippen LogP) is 6.85. The van der Waals surface area contributed by atoms with E-state index < -0.39 is 0 Å². The number of hydrogen-bond donors (Lipinski definition) is 0. The molecule has 0 saturated carbocycles. The highest BCUT2D eigenvalue weighted by atomic mass is 16.5. The molecule has 164 valence electrons. The van der Waals surface area contributed by atoms with Gasteiger partial charge in [-0.05, 0) is 62.1 Å². The van der Waals surface area contributed by atoms with Gasteiger partial charge in [-0.2, -0.15) is 0 Å². The Morgan fingerprint density at radius 2 is 1.97 bits per heavy atom. The van der Waals surface area contributed by atoms with Gasteiger partial charge in [0.25, 0.3) is 0 Å². The van der Waals surface area contributed by atoms with Gasteiger partial charge in [0.15, 0.2) is 5.78 Å². The third-order valence-electron chi connectivity index (χ3n) is 6.01. The summed E-state index contributed by atoms with van der Waals surface area (Å²) in [6.45, 7) is 9.60. The number of nitrogens with zero attached hydrogens (tertiary/aromatic N) is 1. The summed E-state index contributed by atoms with van der Waals surface area (Å²) in [6.07, 6.45) is 11.0. The van der Waals surface area contributed by atoms with Crippen LogP contribution in [0.4, 0.5) is 0 Å². The second-order valence-electron chi connectivity index (χ2n) is 8.52. The Bertz CT molecular complexity index is 900. The Morgan fingerprint density at radius 3 is 2.71 bits per heavy atom. The van der Waals surface area contributed by atoms with Gasteiger partial charge in [0, 0.05) is 24.6 Å². The van der Waals surface area contributed by atoms with Crippen molar-refractivity contribution in [3.63, 3.8) is 0 Å². The van der Waals surface area contributed by atoms with Crippen LogP contribution >= 0.6 is 0 Å².